The molecular weight excluding hydrogens is 467 g/mol. The number of rotatable bonds is 8. The van der Waals surface area contributed by atoms with E-state index in [1.54, 1.807) is 19.1 Å². The first-order valence-electron chi connectivity index (χ1n) is 12.9. The van der Waals surface area contributed by atoms with Crippen molar-refractivity contribution in [2.24, 2.45) is 5.92 Å². The minimum absolute atomic E-state index is 0.0743. The first-order valence-corrected chi connectivity index (χ1v) is 12.9. The van der Waals surface area contributed by atoms with Gasteiger partial charge in [0, 0.05) is 19.5 Å². The van der Waals surface area contributed by atoms with Crippen molar-refractivity contribution in [1.82, 2.24) is 10.2 Å². The van der Waals surface area contributed by atoms with Crippen molar-refractivity contribution in [1.29, 1.82) is 0 Å². The third-order valence-corrected chi connectivity index (χ3v) is 6.67. The number of hydrogen-bond acceptors (Lipinski definition) is 3. The number of carbonyl (C=O) groups excluding carboxylic acids is 2. The molecule has 3 aromatic rings. The highest BCUT2D eigenvalue weighted by Crippen LogP contribution is 2.38. The maximum atomic E-state index is 13.7. The van der Waals surface area contributed by atoms with Gasteiger partial charge in [0.05, 0.1) is 6.04 Å². The zero-order valence-electron chi connectivity index (χ0n) is 22.0. The highest BCUT2D eigenvalue weighted by Gasteiger charge is 2.32. The Hall–Kier alpha value is -3.67. The molecule has 194 valence electrons. The number of amides is 2. The second-order valence-electron chi connectivity index (χ2n) is 10.2. The summed E-state index contributed by atoms with van der Waals surface area (Å²) in [5, 5.41) is 2.94. The lowest BCUT2D eigenvalue weighted by Gasteiger charge is -2.38. The molecule has 2 amide bonds. The highest BCUT2D eigenvalue weighted by atomic mass is 19.1. The molecule has 0 spiro atoms. The van der Waals surface area contributed by atoms with Gasteiger partial charge in [0.15, 0.2) is 6.10 Å². The normalized spacial score (nSPS) is 15.7. The summed E-state index contributed by atoms with van der Waals surface area (Å²) in [6, 6.07) is 19.8. The Morgan fingerprint density at radius 1 is 1.05 bits per heavy atom. The van der Waals surface area contributed by atoms with Crippen LogP contribution in [0, 0.1) is 18.7 Å². The fourth-order valence-electron chi connectivity index (χ4n) is 4.82. The molecule has 0 aromatic heterocycles. The molecule has 5 nitrogen and oxygen atoms in total. The van der Waals surface area contributed by atoms with Gasteiger partial charge in [-0.1, -0.05) is 61.9 Å². The summed E-state index contributed by atoms with van der Waals surface area (Å²) in [5.74, 6) is 0.342. The number of fused-ring (bicyclic) bond motifs is 1. The van der Waals surface area contributed by atoms with Crippen molar-refractivity contribution in [2.75, 3.05) is 6.54 Å². The number of benzene rings is 3. The molecule has 37 heavy (non-hydrogen) atoms. The molecule has 1 aliphatic heterocycles. The maximum absolute atomic E-state index is 13.7. The SMILES string of the molecule is Cc1cccc(CNC(=O)C(C)Oc2ccc3c(c2)C(c2ccc(F)cc2)N(C(=O)CC(C)C)CC3)c1. The van der Waals surface area contributed by atoms with Gasteiger partial charge in [-0.15, -0.1) is 0 Å². The average molecular weight is 503 g/mol. The van der Waals surface area contributed by atoms with Crippen molar-refractivity contribution in [3.8, 4) is 5.75 Å². The van der Waals surface area contributed by atoms with Crippen LogP contribution in [0.2, 0.25) is 0 Å². The lowest BCUT2D eigenvalue weighted by Crippen LogP contribution is -2.41. The largest absolute Gasteiger partial charge is 0.481 e. The molecule has 2 unspecified atom stereocenters. The summed E-state index contributed by atoms with van der Waals surface area (Å²) in [6.07, 6.45) is 0.472. The van der Waals surface area contributed by atoms with Crippen LogP contribution < -0.4 is 10.1 Å². The van der Waals surface area contributed by atoms with Gasteiger partial charge in [-0.25, -0.2) is 4.39 Å². The second kappa shape index (κ2) is 11.6. The second-order valence-corrected chi connectivity index (χ2v) is 10.2. The Morgan fingerprint density at radius 2 is 1.81 bits per heavy atom. The average Bonchev–Trinajstić information content (AvgIpc) is 2.86. The molecule has 3 aromatic carbocycles. The van der Waals surface area contributed by atoms with Crippen molar-refractivity contribution in [2.45, 2.75) is 59.2 Å². The highest BCUT2D eigenvalue weighted by molar-refractivity contribution is 5.80. The topological polar surface area (TPSA) is 58.6 Å². The van der Waals surface area contributed by atoms with E-state index < -0.39 is 6.10 Å². The number of hydrogen-bond donors (Lipinski definition) is 1. The first kappa shape index (κ1) is 26.4. The van der Waals surface area contributed by atoms with E-state index in [9.17, 15) is 14.0 Å². The number of aryl methyl sites for hydroxylation is 1. The number of halogens is 1. The Morgan fingerprint density at radius 3 is 2.51 bits per heavy atom. The van der Waals surface area contributed by atoms with Gasteiger partial charge in [0.25, 0.3) is 5.91 Å². The van der Waals surface area contributed by atoms with Crippen LogP contribution in [0.4, 0.5) is 4.39 Å². The smallest absolute Gasteiger partial charge is 0.261 e. The van der Waals surface area contributed by atoms with Crippen LogP contribution in [0.3, 0.4) is 0 Å². The van der Waals surface area contributed by atoms with E-state index in [0.717, 1.165) is 34.2 Å². The van der Waals surface area contributed by atoms with Crippen LogP contribution in [-0.4, -0.2) is 29.4 Å². The molecule has 4 rings (SSSR count). The van der Waals surface area contributed by atoms with Gasteiger partial charge in [-0.2, -0.15) is 0 Å². The molecule has 1 heterocycles. The number of ether oxygens (including phenoxy) is 1. The predicted octanol–water partition coefficient (Wildman–Crippen LogP) is 5.74. The van der Waals surface area contributed by atoms with Gasteiger partial charge in [0.1, 0.15) is 11.6 Å². The molecule has 6 heteroatoms. The third kappa shape index (κ3) is 6.56. The fraction of sp³-hybridized carbons (Fsp3) is 0.355. The van der Waals surface area contributed by atoms with E-state index in [2.05, 4.69) is 5.32 Å². The maximum Gasteiger partial charge on any atom is 0.261 e. The summed E-state index contributed by atoms with van der Waals surface area (Å²) >= 11 is 0. The summed E-state index contributed by atoms with van der Waals surface area (Å²) in [7, 11) is 0. The van der Waals surface area contributed by atoms with E-state index in [0.29, 0.717) is 25.3 Å². The van der Waals surface area contributed by atoms with Crippen molar-refractivity contribution in [3.05, 3.63) is 100 Å². The molecule has 1 aliphatic rings. The van der Waals surface area contributed by atoms with Gasteiger partial charge < -0.3 is 15.0 Å². The fourth-order valence-corrected chi connectivity index (χ4v) is 4.82. The van der Waals surface area contributed by atoms with Crippen molar-refractivity contribution in [3.63, 3.8) is 0 Å². The zero-order valence-corrected chi connectivity index (χ0v) is 22.0. The summed E-state index contributed by atoms with van der Waals surface area (Å²) in [4.78, 5) is 27.8. The molecule has 2 atom stereocenters. The lowest BCUT2D eigenvalue weighted by atomic mass is 9.87. The minimum Gasteiger partial charge on any atom is -0.481 e. The van der Waals surface area contributed by atoms with Crippen molar-refractivity contribution < 1.29 is 18.7 Å². The van der Waals surface area contributed by atoms with E-state index in [1.807, 2.05) is 68.1 Å². The van der Waals surface area contributed by atoms with Crippen LogP contribution in [0.15, 0.2) is 66.7 Å². The number of nitrogens with zero attached hydrogens (tertiary/aromatic N) is 1. The number of carbonyl (C=O) groups is 2. The monoisotopic (exact) mass is 502 g/mol. The quantitative estimate of drug-likeness (QED) is 0.428. The summed E-state index contributed by atoms with van der Waals surface area (Å²) in [5.41, 5.74) is 5.08. The van der Waals surface area contributed by atoms with E-state index in [4.69, 9.17) is 4.74 Å². The lowest BCUT2D eigenvalue weighted by molar-refractivity contribution is -0.134. The molecular formula is C31H35FN2O3. The van der Waals surface area contributed by atoms with Crippen LogP contribution >= 0.6 is 0 Å². The van der Waals surface area contributed by atoms with Crippen LogP contribution in [-0.2, 0) is 22.6 Å². The minimum atomic E-state index is -0.700. The van der Waals surface area contributed by atoms with E-state index in [-0.39, 0.29) is 29.6 Å². The molecule has 0 fully saturated rings. The Bertz CT molecular complexity index is 1260. The van der Waals surface area contributed by atoms with Crippen LogP contribution in [0.25, 0.3) is 0 Å². The Kier molecular flexibility index (Phi) is 8.27. The van der Waals surface area contributed by atoms with Gasteiger partial charge in [-0.3, -0.25) is 9.59 Å². The zero-order chi connectivity index (χ0) is 26.5. The molecule has 1 N–H and O–H groups in total. The predicted molar refractivity (Wildman–Crippen MR) is 143 cm³/mol. The van der Waals surface area contributed by atoms with E-state index in [1.165, 1.54) is 12.1 Å². The standard InChI is InChI=1S/C31H35FN2O3/c1-20(2)16-29(35)34-15-14-24-10-13-27(18-28(24)30(34)25-8-11-26(32)12-9-25)37-22(4)31(36)33-19-23-7-5-6-21(3)17-23/h5-13,17-18,20,22,30H,14-16,19H2,1-4H3,(H,33,36). The first-order chi connectivity index (χ1) is 17.7. The van der Waals surface area contributed by atoms with Gasteiger partial charge in [0.2, 0.25) is 5.91 Å². The molecule has 0 aliphatic carbocycles. The van der Waals surface area contributed by atoms with E-state index >= 15 is 0 Å². The van der Waals surface area contributed by atoms with Crippen molar-refractivity contribution >= 4 is 11.8 Å². The molecule has 0 saturated heterocycles. The van der Waals surface area contributed by atoms with Gasteiger partial charge in [-0.05, 0) is 72.7 Å². The molecule has 0 bridgehead atoms. The van der Waals surface area contributed by atoms with Crippen LogP contribution in [0.1, 0.15) is 61.1 Å². The number of nitrogens with one attached hydrogen (secondary N) is 1. The Balaban J connectivity index is 1.55. The summed E-state index contributed by atoms with van der Waals surface area (Å²) < 4.78 is 19.8. The molecule has 0 radical (unpaired) electrons. The van der Waals surface area contributed by atoms with Crippen LogP contribution in [0.5, 0.6) is 5.75 Å². The van der Waals surface area contributed by atoms with Gasteiger partial charge >= 0.3 is 0 Å². The Labute approximate surface area is 218 Å². The third-order valence-electron chi connectivity index (χ3n) is 6.67. The molecule has 0 saturated carbocycles. The summed E-state index contributed by atoms with van der Waals surface area (Å²) in [6.45, 7) is 8.82.